The van der Waals surface area contributed by atoms with Gasteiger partial charge < -0.3 is 23.9 Å². The van der Waals surface area contributed by atoms with Gasteiger partial charge in [0, 0.05) is 29.8 Å². The van der Waals surface area contributed by atoms with Gasteiger partial charge >= 0.3 is 17.7 Å². The van der Waals surface area contributed by atoms with Crippen LogP contribution >= 0.6 is 0 Å². The number of hydrogen-bond donors (Lipinski definition) is 1. The fourth-order valence-corrected chi connectivity index (χ4v) is 3.46. The number of carbonyl (C=O) groups is 2. The summed E-state index contributed by atoms with van der Waals surface area (Å²) < 4.78 is 21.1. The van der Waals surface area contributed by atoms with Crippen molar-refractivity contribution in [2.75, 3.05) is 13.7 Å². The van der Waals surface area contributed by atoms with Crippen LogP contribution in [0.25, 0.3) is 21.7 Å². The van der Waals surface area contributed by atoms with Crippen molar-refractivity contribution in [2.45, 2.75) is 19.4 Å². The normalized spacial score (nSPS) is 10.7. The standard InChI is InChI=1S/C26H23NO7/c1-31-18-9-11-20-21-12-10-19(15-23(21)34-25(29)22(20)14-18)33-24(28)8-5-13-27-26(30)32-16-17-6-3-2-4-7-17/h2-4,6-7,9-12,14-15H,5,8,13,16H2,1H3,(H,27,30). The van der Waals surface area contributed by atoms with E-state index in [1.807, 2.05) is 30.3 Å². The molecule has 4 rings (SSSR count). The molecule has 1 amide bonds. The second kappa shape index (κ2) is 10.5. The van der Waals surface area contributed by atoms with E-state index in [4.69, 9.17) is 18.6 Å². The Morgan fingerprint density at radius 2 is 1.68 bits per heavy atom. The molecule has 8 nitrogen and oxygen atoms in total. The zero-order valence-corrected chi connectivity index (χ0v) is 18.5. The molecule has 0 unspecified atom stereocenters. The third-order valence-corrected chi connectivity index (χ3v) is 5.16. The smallest absolute Gasteiger partial charge is 0.407 e. The van der Waals surface area contributed by atoms with Gasteiger partial charge in [0.25, 0.3) is 0 Å². The molecule has 34 heavy (non-hydrogen) atoms. The Balaban J connectivity index is 1.29. The number of esters is 1. The molecule has 0 aliphatic heterocycles. The fraction of sp³-hybridized carbons (Fsp3) is 0.192. The lowest BCUT2D eigenvalue weighted by molar-refractivity contribution is -0.134. The molecule has 0 radical (unpaired) electrons. The number of hydrogen-bond acceptors (Lipinski definition) is 7. The summed E-state index contributed by atoms with van der Waals surface area (Å²) >= 11 is 0. The number of benzene rings is 3. The highest BCUT2D eigenvalue weighted by atomic mass is 16.5. The second-order valence-corrected chi connectivity index (χ2v) is 7.53. The van der Waals surface area contributed by atoms with Crippen molar-refractivity contribution in [3.8, 4) is 11.5 Å². The van der Waals surface area contributed by atoms with E-state index in [1.165, 1.54) is 13.2 Å². The third kappa shape index (κ3) is 5.53. The Labute approximate surface area is 195 Å². The molecule has 4 aromatic rings. The first-order chi connectivity index (χ1) is 16.5. The van der Waals surface area contributed by atoms with Gasteiger partial charge in [-0.2, -0.15) is 0 Å². The van der Waals surface area contributed by atoms with E-state index in [0.717, 1.165) is 16.3 Å². The Bertz CT molecular complexity index is 1380. The number of carbonyl (C=O) groups excluding carboxylic acids is 2. The summed E-state index contributed by atoms with van der Waals surface area (Å²) in [6.45, 7) is 0.445. The summed E-state index contributed by atoms with van der Waals surface area (Å²) in [6.07, 6.45) is -0.0704. The molecule has 0 spiro atoms. The van der Waals surface area contributed by atoms with Crippen molar-refractivity contribution in [3.63, 3.8) is 0 Å². The summed E-state index contributed by atoms with van der Waals surface area (Å²) in [5, 5.41) is 4.44. The first-order valence-electron chi connectivity index (χ1n) is 10.7. The molecule has 3 aromatic carbocycles. The monoisotopic (exact) mass is 461 g/mol. The minimum absolute atomic E-state index is 0.0957. The Morgan fingerprint density at radius 3 is 2.47 bits per heavy atom. The summed E-state index contributed by atoms with van der Waals surface area (Å²) in [5.74, 6) is 0.360. The van der Waals surface area contributed by atoms with Gasteiger partial charge in [-0.25, -0.2) is 9.59 Å². The van der Waals surface area contributed by atoms with Crippen LogP contribution in [0.2, 0.25) is 0 Å². The molecule has 0 bridgehead atoms. The number of fused-ring (bicyclic) bond motifs is 3. The maximum atomic E-state index is 12.4. The summed E-state index contributed by atoms with van der Waals surface area (Å²) in [7, 11) is 1.53. The molecule has 0 aliphatic carbocycles. The van der Waals surface area contributed by atoms with Gasteiger partial charge in [-0.05, 0) is 42.3 Å². The maximum absolute atomic E-state index is 12.4. The second-order valence-electron chi connectivity index (χ2n) is 7.53. The van der Waals surface area contributed by atoms with Crippen LogP contribution in [0.4, 0.5) is 4.79 Å². The zero-order chi connectivity index (χ0) is 23.9. The van der Waals surface area contributed by atoms with Gasteiger partial charge in [-0.1, -0.05) is 30.3 Å². The van der Waals surface area contributed by atoms with Crippen molar-refractivity contribution in [2.24, 2.45) is 0 Å². The average molecular weight is 461 g/mol. The predicted octanol–water partition coefficient (Wildman–Crippen LogP) is 4.57. The SMILES string of the molecule is COc1ccc2c(c1)c(=O)oc1cc(OC(=O)CCCNC(=O)OCc3ccccc3)ccc12. The van der Waals surface area contributed by atoms with E-state index in [0.29, 0.717) is 23.1 Å². The number of ether oxygens (including phenoxy) is 3. The number of alkyl carbamates (subject to hydrolysis) is 1. The van der Waals surface area contributed by atoms with Crippen molar-refractivity contribution < 1.29 is 28.2 Å². The van der Waals surface area contributed by atoms with Gasteiger partial charge in [0.05, 0.1) is 12.5 Å². The molecule has 0 saturated carbocycles. The lowest BCUT2D eigenvalue weighted by Crippen LogP contribution is -2.26. The number of rotatable bonds is 8. The van der Waals surface area contributed by atoms with Crippen LogP contribution in [0.5, 0.6) is 11.5 Å². The number of methoxy groups -OCH3 is 1. The maximum Gasteiger partial charge on any atom is 0.407 e. The summed E-state index contributed by atoms with van der Waals surface area (Å²) in [4.78, 5) is 36.3. The van der Waals surface area contributed by atoms with Gasteiger partial charge in [-0.3, -0.25) is 4.79 Å². The first-order valence-corrected chi connectivity index (χ1v) is 10.7. The van der Waals surface area contributed by atoms with E-state index in [-0.39, 0.29) is 25.3 Å². The Hall–Kier alpha value is -4.33. The van der Waals surface area contributed by atoms with E-state index in [2.05, 4.69) is 5.32 Å². The van der Waals surface area contributed by atoms with E-state index >= 15 is 0 Å². The highest BCUT2D eigenvalue weighted by Crippen LogP contribution is 2.28. The summed E-state index contributed by atoms with van der Waals surface area (Å²) in [5.41, 5.74) is 0.700. The molecule has 1 heterocycles. The molecule has 8 heteroatoms. The third-order valence-electron chi connectivity index (χ3n) is 5.16. The molecule has 0 atom stereocenters. The van der Waals surface area contributed by atoms with Crippen LogP contribution in [0.3, 0.4) is 0 Å². The topological polar surface area (TPSA) is 104 Å². The largest absolute Gasteiger partial charge is 0.497 e. The van der Waals surface area contributed by atoms with Crippen molar-refractivity contribution in [3.05, 3.63) is 82.7 Å². The van der Waals surface area contributed by atoms with Gasteiger partial charge in [0.2, 0.25) is 0 Å². The van der Waals surface area contributed by atoms with Crippen LogP contribution in [0.1, 0.15) is 18.4 Å². The Kier molecular flexibility index (Phi) is 7.07. The highest BCUT2D eigenvalue weighted by Gasteiger charge is 2.12. The average Bonchev–Trinajstić information content (AvgIpc) is 2.85. The van der Waals surface area contributed by atoms with Crippen LogP contribution < -0.4 is 20.4 Å². The van der Waals surface area contributed by atoms with E-state index in [9.17, 15) is 14.4 Å². The molecule has 0 aliphatic rings. The van der Waals surface area contributed by atoms with Gasteiger partial charge in [-0.15, -0.1) is 0 Å². The van der Waals surface area contributed by atoms with Crippen LogP contribution in [0.15, 0.2) is 75.9 Å². The molecule has 0 saturated heterocycles. The summed E-state index contributed by atoms with van der Waals surface area (Å²) in [6, 6.07) is 19.4. The molecule has 174 valence electrons. The number of nitrogens with one attached hydrogen (secondary N) is 1. The molecule has 1 N–H and O–H groups in total. The fourth-order valence-electron chi connectivity index (χ4n) is 3.46. The van der Waals surface area contributed by atoms with E-state index < -0.39 is 17.7 Å². The van der Waals surface area contributed by atoms with Crippen molar-refractivity contribution >= 4 is 33.8 Å². The van der Waals surface area contributed by atoms with Crippen LogP contribution in [-0.2, 0) is 16.1 Å². The molecule has 0 fully saturated rings. The number of amides is 1. The quantitative estimate of drug-likeness (QED) is 0.135. The predicted molar refractivity (Wildman–Crippen MR) is 126 cm³/mol. The van der Waals surface area contributed by atoms with Crippen LogP contribution in [-0.4, -0.2) is 25.7 Å². The highest BCUT2D eigenvalue weighted by molar-refractivity contribution is 6.05. The first kappa shape index (κ1) is 22.8. The molecular formula is C26H23NO7. The van der Waals surface area contributed by atoms with Gasteiger partial charge in [0.15, 0.2) is 0 Å². The lowest BCUT2D eigenvalue weighted by Gasteiger charge is -2.08. The molecule has 1 aromatic heterocycles. The van der Waals surface area contributed by atoms with Crippen LogP contribution in [0, 0.1) is 0 Å². The van der Waals surface area contributed by atoms with E-state index in [1.54, 1.807) is 30.3 Å². The zero-order valence-electron chi connectivity index (χ0n) is 18.5. The van der Waals surface area contributed by atoms with Crippen molar-refractivity contribution in [1.29, 1.82) is 0 Å². The minimum Gasteiger partial charge on any atom is -0.497 e. The molecular weight excluding hydrogens is 438 g/mol. The van der Waals surface area contributed by atoms with Gasteiger partial charge in [0.1, 0.15) is 23.7 Å². The Morgan fingerprint density at radius 1 is 0.912 bits per heavy atom. The lowest BCUT2D eigenvalue weighted by atomic mass is 10.1. The van der Waals surface area contributed by atoms with Crippen molar-refractivity contribution in [1.82, 2.24) is 5.32 Å². The minimum atomic E-state index is -0.549.